The van der Waals surface area contributed by atoms with Crippen LogP contribution in [0.1, 0.15) is 36.7 Å². The number of rotatable bonds is 4. The van der Waals surface area contributed by atoms with Gasteiger partial charge in [0.2, 0.25) is 5.91 Å². The molecule has 0 aliphatic carbocycles. The van der Waals surface area contributed by atoms with Crippen LogP contribution in [0.5, 0.6) is 0 Å². The number of anilines is 1. The SMILES string of the molecule is CC(=O)N1CCC(N(Cc2ccco2)C(=O)Nc2cc(C)cc(C)c2)CC1. The second kappa shape index (κ2) is 8.29. The van der Waals surface area contributed by atoms with Gasteiger partial charge in [0.15, 0.2) is 0 Å². The van der Waals surface area contributed by atoms with Crippen LogP contribution in [0.3, 0.4) is 0 Å². The number of hydrogen-bond donors (Lipinski definition) is 1. The van der Waals surface area contributed by atoms with Crippen molar-refractivity contribution in [3.8, 4) is 0 Å². The van der Waals surface area contributed by atoms with E-state index in [9.17, 15) is 9.59 Å². The van der Waals surface area contributed by atoms with E-state index in [1.165, 1.54) is 0 Å². The summed E-state index contributed by atoms with van der Waals surface area (Å²) in [5.74, 6) is 0.838. The van der Waals surface area contributed by atoms with E-state index < -0.39 is 0 Å². The van der Waals surface area contributed by atoms with Crippen LogP contribution in [-0.4, -0.2) is 40.9 Å². The summed E-state index contributed by atoms with van der Waals surface area (Å²) in [5.41, 5.74) is 3.01. The second-order valence-corrected chi connectivity index (χ2v) is 7.25. The van der Waals surface area contributed by atoms with Crippen molar-refractivity contribution in [2.24, 2.45) is 0 Å². The van der Waals surface area contributed by atoms with Gasteiger partial charge in [-0.3, -0.25) is 4.79 Å². The Morgan fingerprint density at radius 3 is 2.41 bits per heavy atom. The van der Waals surface area contributed by atoms with Gasteiger partial charge in [0.1, 0.15) is 5.76 Å². The first kappa shape index (κ1) is 19.0. The topological polar surface area (TPSA) is 65.8 Å². The Morgan fingerprint density at radius 1 is 1.19 bits per heavy atom. The van der Waals surface area contributed by atoms with Crippen molar-refractivity contribution in [2.75, 3.05) is 18.4 Å². The summed E-state index contributed by atoms with van der Waals surface area (Å²) >= 11 is 0. The van der Waals surface area contributed by atoms with Gasteiger partial charge in [-0.25, -0.2) is 4.79 Å². The zero-order valence-electron chi connectivity index (χ0n) is 16.2. The van der Waals surface area contributed by atoms with Crippen LogP contribution in [0, 0.1) is 13.8 Å². The summed E-state index contributed by atoms with van der Waals surface area (Å²) in [6.07, 6.45) is 3.15. The van der Waals surface area contributed by atoms with Crippen LogP contribution in [0.2, 0.25) is 0 Å². The summed E-state index contributed by atoms with van der Waals surface area (Å²) < 4.78 is 5.47. The third-order valence-corrected chi connectivity index (χ3v) is 4.99. The molecule has 0 radical (unpaired) electrons. The zero-order valence-corrected chi connectivity index (χ0v) is 16.2. The molecular formula is C21H27N3O3. The summed E-state index contributed by atoms with van der Waals surface area (Å²) in [6, 6.07) is 9.64. The molecule has 6 nitrogen and oxygen atoms in total. The van der Waals surface area contributed by atoms with E-state index in [0.29, 0.717) is 19.6 Å². The monoisotopic (exact) mass is 369 g/mol. The molecule has 1 fully saturated rings. The summed E-state index contributed by atoms with van der Waals surface area (Å²) in [4.78, 5) is 28.3. The van der Waals surface area contributed by atoms with E-state index >= 15 is 0 Å². The molecule has 1 saturated heterocycles. The number of hydrogen-bond acceptors (Lipinski definition) is 3. The van der Waals surface area contributed by atoms with E-state index in [4.69, 9.17) is 4.42 Å². The predicted octanol–water partition coefficient (Wildman–Crippen LogP) is 3.94. The van der Waals surface area contributed by atoms with Gasteiger partial charge in [-0.1, -0.05) is 6.07 Å². The number of carbonyl (C=O) groups is 2. The quantitative estimate of drug-likeness (QED) is 0.888. The van der Waals surface area contributed by atoms with Crippen molar-refractivity contribution in [2.45, 2.75) is 46.2 Å². The molecule has 1 aliphatic heterocycles. The molecule has 2 heterocycles. The van der Waals surface area contributed by atoms with E-state index in [1.54, 1.807) is 13.2 Å². The average Bonchev–Trinajstić information content (AvgIpc) is 3.12. The van der Waals surface area contributed by atoms with Gasteiger partial charge in [0.25, 0.3) is 0 Å². The third kappa shape index (κ3) is 4.90. The highest BCUT2D eigenvalue weighted by atomic mass is 16.3. The van der Waals surface area contributed by atoms with Gasteiger partial charge in [-0.2, -0.15) is 0 Å². The van der Waals surface area contributed by atoms with Crippen LogP contribution < -0.4 is 5.32 Å². The first-order valence-corrected chi connectivity index (χ1v) is 9.36. The molecule has 1 N–H and O–H groups in total. The van der Waals surface area contributed by atoms with Crippen LogP contribution in [0.15, 0.2) is 41.0 Å². The molecule has 144 valence electrons. The number of furan rings is 1. The van der Waals surface area contributed by atoms with Gasteiger partial charge in [0, 0.05) is 31.7 Å². The smallest absolute Gasteiger partial charge is 0.322 e. The maximum absolute atomic E-state index is 13.1. The van der Waals surface area contributed by atoms with Gasteiger partial charge < -0.3 is 19.5 Å². The number of aryl methyl sites for hydroxylation is 2. The maximum atomic E-state index is 13.1. The number of carbonyl (C=O) groups excluding carboxylic acids is 2. The van der Waals surface area contributed by atoms with E-state index in [-0.39, 0.29) is 18.0 Å². The second-order valence-electron chi connectivity index (χ2n) is 7.25. The fourth-order valence-corrected chi connectivity index (χ4v) is 3.67. The fraction of sp³-hybridized carbons (Fsp3) is 0.429. The molecule has 0 bridgehead atoms. The minimum atomic E-state index is -0.141. The molecule has 0 unspecified atom stereocenters. The van der Waals surface area contributed by atoms with Crippen molar-refractivity contribution in [1.29, 1.82) is 0 Å². The van der Waals surface area contributed by atoms with Crippen molar-refractivity contribution in [3.63, 3.8) is 0 Å². The van der Waals surface area contributed by atoms with Gasteiger partial charge in [0.05, 0.1) is 12.8 Å². The molecular weight excluding hydrogens is 342 g/mol. The summed E-state index contributed by atoms with van der Waals surface area (Å²) in [6.45, 7) is 7.38. The lowest BCUT2D eigenvalue weighted by Gasteiger charge is -2.38. The lowest BCUT2D eigenvalue weighted by molar-refractivity contribution is -0.130. The van der Waals surface area contributed by atoms with E-state index in [1.807, 2.05) is 47.9 Å². The minimum absolute atomic E-state index is 0.0663. The van der Waals surface area contributed by atoms with Crippen molar-refractivity contribution < 1.29 is 14.0 Å². The Bertz CT molecular complexity index is 773. The standard InChI is InChI=1S/C21H27N3O3/c1-15-11-16(2)13-18(12-15)22-21(26)24(14-20-5-4-10-27-20)19-6-8-23(9-7-19)17(3)25/h4-5,10-13,19H,6-9,14H2,1-3H3,(H,22,26). The maximum Gasteiger partial charge on any atom is 0.322 e. The number of benzene rings is 1. The molecule has 1 aromatic carbocycles. The Kier molecular flexibility index (Phi) is 5.84. The van der Waals surface area contributed by atoms with E-state index in [2.05, 4.69) is 11.4 Å². The van der Waals surface area contributed by atoms with Gasteiger partial charge in [-0.05, 0) is 62.1 Å². The van der Waals surface area contributed by atoms with Crippen LogP contribution >= 0.6 is 0 Å². The molecule has 3 rings (SSSR count). The number of nitrogens with one attached hydrogen (secondary N) is 1. The molecule has 6 heteroatoms. The third-order valence-electron chi connectivity index (χ3n) is 4.99. The first-order chi connectivity index (χ1) is 12.9. The number of urea groups is 1. The fourth-order valence-electron chi connectivity index (χ4n) is 3.67. The summed E-state index contributed by atoms with van der Waals surface area (Å²) in [7, 11) is 0. The lowest BCUT2D eigenvalue weighted by atomic mass is 10.0. The number of amides is 3. The number of nitrogens with zero attached hydrogens (tertiary/aromatic N) is 2. The Labute approximate surface area is 160 Å². The highest BCUT2D eigenvalue weighted by Gasteiger charge is 2.29. The molecule has 0 spiro atoms. The minimum Gasteiger partial charge on any atom is -0.467 e. The van der Waals surface area contributed by atoms with Crippen LogP contribution in [0.25, 0.3) is 0 Å². The molecule has 3 amide bonds. The predicted molar refractivity (Wildman–Crippen MR) is 104 cm³/mol. The van der Waals surface area contributed by atoms with Crippen LogP contribution in [-0.2, 0) is 11.3 Å². The van der Waals surface area contributed by atoms with Gasteiger partial charge >= 0.3 is 6.03 Å². The molecule has 1 aliphatic rings. The Hall–Kier alpha value is -2.76. The molecule has 1 aromatic heterocycles. The highest BCUT2D eigenvalue weighted by Crippen LogP contribution is 2.22. The molecule has 0 atom stereocenters. The van der Waals surface area contributed by atoms with Crippen LogP contribution in [0.4, 0.5) is 10.5 Å². The van der Waals surface area contributed by atoms with Gasteiger partial charge in [-0.15, -0.1) is 0 Å². The zero-order chi connectivity index (χ0) is 19.4. The Morgan fingerprint density at radius 2 is 1.85 bits per heavy atom. The normalized spacial score (nSPS) is 14.9. The first-order valence-electron chi connectivity index (χ1n) is 9.36. The number of piperidine rings is 1. The average molecular weight is 369 g/mol. The van der Waals surface area contributed by atoms with Crippen molar-refractivity contribution >= 4 is 17.6 Å². The molecule has 0 saturated carbocycles. The Balaban J connectivity index is 1.75. The lowest BCUT2D eigenvalue weighted by Crippen LogP contribution is -2.49. The van der Waals surface area contributed by atoms with Crippen molar-refractivity contribution in [1.82, 2.24) is 9.80 Å². The molecule has 2 aromatic rings. The highest BCUT2D eigenvalue weighted by molar-refractivity contribution is 5.89. The molecule has 27 heavy (non-hydrogen) atoms. The van der Waals surface area contributed by atoms with Crippen molar-refractivity contribution in [3.05, 3.63) is 53.5 Å². The van der Waals surface area contributed by atoms with E-state index in [0.717, 1.165) is 35.4 Å². The summed E-state index contributed by atoms with van der Waals surface area (Å²) in [5, 5.41) is 3.03. The largest absolute Gasteiger partial charge is 0.467 e. The number of likely N-dealkylation sites (tertiary alicyclic amines) is 1.